The number of carbonyl (C=O) groups is 1. The molecule has 25 heavy (non-hydrogen) atoms. The normalized spacial score (nSPS) is 10.4. The van der Waals surface area contributed by atoms with E-state index in [1.165, 1.54) is 23.1 Å². The van der Waals surface area contributed by atoms with Crippen molar-refractivity contribution in [1.29, 1.82) is 0 Å². The summed E-state index contributed by atoms with van der Waals surface area (Å²) in [6.45, 7) is 0. The molecule has 0 aliphatic carbocycles. The highest BCUT2D eigenvalue weighted by Crippen LogP contribution is 2.32. The van der Waals surface area contributed by atoms with Gasteiger partial charge in [0.1, 0.15) is 5.75 Å². The third kappa shape index (κ3) is 5.09. The van der Waals surface area contributed by atoms with Crippen molar-refractivity contribution in [2.45, 2.75) is 4.34 Å². The van der Waals surface area contributed by atoms with Crippen molar-refractivity contribution in [2.24, 2.45) is 0 Å². The van der Waals surface area contributed by atoms with Crippen LogP contribution in [0.25, 0.3) is 0 Å². The average Bonchev–Trinajstić information content (AvgIpc) is 3.02. The molecule has 1 aromatic heterocycles. The minimum Gasteiger partial charge on any atom is -0.455 e. The van der Waals surface area contributed by atoms with E-state index >= 15 is 0 Å². The van der Waals surface area contributed by atoms with Crippen LogP contribution in [0.3, 0.4) is 0 Å². The predicted molar refractivity (Wildman–Crippen MR) is 102 cm³/mol. The average molecular weight is 393 g/mol. The lowest BCUT2D eigenvalue weighted by Crippen LogP contribution is -2.14. The summed E-state index contributed by atoms with van der Waals surface area (Å²) in [5.41, 5.74) is 6.02. The number of anilines is 2. The molecule has 0 aliphatic rings. The van der Waals surface area contributed by atoms with Crippen LogP contribution in [-0.2, 0) is 4.79 Å². The van der Waals surface area contributed by atoms with Crippen LogP contribution in [0, 0.1) is 0 Å². The molecule has 9 heteroatoms. The van der Waals surface area contributed by atoms with Gasteiger partial charge < -0.3 is 15.8 Å². The van der Waals surface area contributed by atoms with Gasteiger partial charge in [-0.25, -0.2) is 0 Å². The molecule has 3 aromatic rings. The van der Waals surface area contributed by atoms with Crippen LogP contribution < -0.4 is 15.8 Å². The predicted octanol–water partition coefficient (Wildman–Crippen LogP) is 4.30. The molecule has 0 saturated heterocycles. The first-order valence-electron chi connectivity index (χ1n) is 7.14. The molecule has 3 N–H and O–H groups in total. The van der Waals surface area contributed by atoms with Crippen LogP contribution in [0.2, 0.25) is 5.02 Å². The van der Waals surface area contributed by atoms with Crippen molar-refractivity contribution >= 4 is 51.4 Å². The lowest BCUT2D eigenvalue weighted by atomic mass is 10.3. The summed E-state index contributed by atoms with van der Waals surface area (Å²) < 4.78 is 6.45. The van der Waals surface area contributed by atoms with E-state index in [9.17, 15) is 4.79 Å². The number of carbonyl (C=O) groups excluding carboxylic acids is 1. The first-order valence-corrected chi connectivity index (χ1v) is 9.32. The summed E-state index contributed by atoms with van der Waals surface area (Å²) in [6.07, 6.45) is 0. The number of thioether (sulfide) groups is 1. The van der Waals surface area contributed by atoms with Gasteiger partial charge in [0, 0.05) is 5.02 Å². The number of nitrogens with one attached hydrogen (secondary N) is 1. The Hall–Kier alpha value is -2.29. The molecule has 0 bridgehead atoms. The monoisotopic (exact) mass is 392 g/mol. The van der Waals surface area contributed by atoms with Gasteiger partial charge in [0.2, 0.25) is 11.0 Å². The second kappa shape index (κ2) is 8.19. The van der Waals surface area contributed by atoms with E-state index < -0.39 is 0 Å². The minimum absolute atomic E-state index is 0.173. The quantitative estimate of drug-likeness (QED) is 0.608. The third-order valence-corrected chi connectivity index (χ3v) is 5.06. The zero-order valence-corrected chi connectivity index (χ0v) is 15.2. The molecule has 3 rings (SSSR count). The number of rotatable bonds is 6. The number of nitrogens with zero attached hydrogens (tertiary/aromatic N) is 2. The van der Waals surface area contributed by atoms with Crippen molar-refractivity contribution < 1.29 is 9.53 Å². The van der Waals surface area contributed by atoms with E-state index in [1.54, 1.807) is 18.2 Å². The Morgan fingerprint density at radius 2 is 2.04 bits per heavy atom. The van der Waals surface area contributed by atoms with Gasteiger partial charge in [0.25, 0.3) is 0 Å². The van der Waals surface area contributed by atoms with Crippen molar-refractivity contribution in [2.75, 3.05) is 16.8 Å². The number of benzene rings is 2. The lowest BCUT2D eigenvalue weighted by Gasteiger charge is -2.12. The Bertz CT molecular complexity index is 874. The van der Waals surface area contributed by atoms with E-state index in [2.05, 4.69) is 15.5 Å². The molecule has 0 fully saturated rings. The topological polar surface area (TPSA) is 90.1 Å². The van der Waals surface area contributed by atoms with Crippen molar-refractivity contribution in [3.8, 4) is 11.5 Å². The highest BCUT2D eigenvalue weighted by molar-refractivity contribution is 8.01. The van der Waals surface area contributed by atoms with Crippen LogP contribution in [0.5, 0.6) is 11.5 Å². The summed E-state index contributed by atoms with van der Waals surface area (Å²) in [7, 11) is 0. The molecule has 0 saturated carbocycles. The van der Waals surface area contributed by atoms with E-state index in [0.29, 0.717) is 31.7 Å². The summed E-state index contributed by atoms with van der Waals surface area (Å²) in [5, 5.41) is 11.2. The fourth-order valence-electron chi connectivity index (χ4n) is 1.90. The summed E-state index contributed by atoms with van der Waals surface area (Å²) in [5.74, 6) is 1.14. The summed E-state index contributed by atoms with van der Waals surface area (Å²) in [4.78, 5) is 12.2. The zero-order valence-electron chi connectivity index (χ0n) is 12.8. The fourth-order valence-corrected chi connectivity index (χ4v) is 3.50. The minimum atomic E-state index is -0.209. The third-order valence-electron chi connectivity index (χ3n) is 2.94. The van der Waals surface area contributed by atoms with Gasteiger partial charge in [0.05, 0.1) is 11.4 Å². The van der Waals surface area contributed by atoms with E-state index in [4.69, 9.17) is 22.1 Å². The van der Waals surface area contributed by atoms with Crippen molar-refractivity contribution in [3.63, 3.8) is 0 Å². The molecule has 0 radical (unpaired) electrons. The summed E-state index contributed by atoms with van der Waals surface area (Å²) in [6, 6.07) is 14.4. The molecule has 2 aromatic carbocycles. The first kappa shape index (κ1) is 17.5. The maximum absolute atomic E-state index is 12.2. The van der Waals surface area contributed by atoms with Crippen molar-refractivity contribution in [1.82, 2.24) is 10.2 Å². The second-order valence-corrected chi connectivity index (χ2v) is 7.47. The Labute approximate surface area is 157 Å². The van der Waals surface area contributed by atoms with Gasteiger partial charge in [-0.3, -0.25) is 4.79 Å². The van der Waals surface area contributed by atoms with E-state index in [1.807, 2.05) is 30.3 Å². The van der Waals surface area contributed by atoms with Gasteiger partial charge in [-0.05, 0) is 30.3 Å². The number of hydrogen-bond donors (Lipinski definition) is 2. The smallest absolute Gasteiger partial charge is 0.234 e. The van der Waals surface area contributed by atoms with Crippen LogP contribution in [0.1, 0.15) is 0 Å². The Kier molecular flexibility index (Phi) is 5.75. The van der Waals surface area contributed by atoms with Gasteiger partial charge >= 0.3 is 0 Å². The van der Waals surface area contributed by atoms with Crippen LogP contribution in [-0.4, -0.2) is 21.9 Å². The molecule has 0 aliphatic heterocycles. The fraction of sp³-hybridized carbons (Fsp3) is 0.0625. The lowest BCUT2D eigenvalue weighted by molar-refractivity contribution is -0.113. The molecule has 0 atom stereocenters. The molecular weight excluding hydrogens is 380 g/mol. The van der Waals surface area contributed by atoms with Crippen LogP contribution in [0.4, 0.5) is 10.8 Å². The van der Waals surface area contributed by atoms with Crippen molar-refractivity contribution in [3.05, 3.63) is 53.6 Å². The van der Waals surface area contributed by atoms with E-state index in [-0.39, 0.29) is 11.7 Å². The van der Waals surface area contributed by atoms with Gasteiger partial charge in [0.15, 0.2) is 10.1 Å². The number of amides is 1. The number of ether oxygens (including phenoxy) is 1. The number of nitrogen functional groups attached to an aromatic ring is 1. The molecule has 6 nitrogen and oxygen atoms in total. The first-order chi connectivity index (χ1) is 12.1. The Balaban J connectivity index is 1.68. The molecule has 0 spiro atoms. The second-order valence-electron chi connectivity index (χ2n) is 4.80. The number of nitrogens with two attached hydrogens (primary N) is 1. The SMILES string of the molecule is Nc1nnc(SCC(=O)Nc2cc(Cl)ccc2Oc2ccccc2)s1. The zero-order chi connectivity index (χ0) is 17.6. The van der Waals surface area contributed by atoms with Crippen LogP contribution >= 0.6 is 34.7 Å². The van der Waals surface area contributed by atoms with Gasteiger partial charge in [-0.1, -0.05) is 52.9 Å². The number of para-hydroxylation sites is 1. The van der Waals surface area contributed by atoms with Crippen LogP contribution in [0.15, 0.2) is 52.9 Å². The van der Waals surface area contributed by atoms with E-state index in [0.717, 1.165) is 0 Å². The molecule has 1 heterocycles. The summed E-state index contributed by atoms with van der Waals surface area (Å²) >= 11 is 8.53. The molecular formula is C16H13ClN4O2S2. The number of halogens is 1. The highest BCUT2D eigenvalue weighted by atomic mass is 35.5. The Morgan fingerprint density at radius 3 is 2.76 bits per heavy atom. The molecule has 128 valence electrons. The Morgan fingerprint density at radius 1 is 1.24 bits per heavy atom. The largest absolute Gasteiger partial charge is 0.455 e. The maximum Gasteiger partial charge on any atom is 0.234 e. The standard InChI is InChI=1S/C16H13ClN4O2S2/c17-10-6-7-13(23-11-4-2-1-3-5-11)12(8-10)19-14(22)9-24-16-21-20-15(18)25-16/h1-8H,9H2,(H2,18,20)(H,19,22). The number of hydrogen-bond acceptors (Lipinski definition) is 7. The molecule has 0 unspecified atom stereocenters. The molecule has 1 amide bonds. The highest BCUT2D eigenvalue weighted by Gasteiger charge is 2.12. The maximum atomic E-state index is 12.2. The number of aromatic nitrogens is 2. The van der Waals surface area contributed by atoms with Gasteiger partial charge in [-0.15, -0.1) is 10.2 Å². The van der Waals surface area contributed by atoms with Gasteiger partial charge in [-0.2, -0.15) is 0 Å².